The first-order valence-corrected chi connectivity index (χ1v) is 20.8. The summed E-state index contributed by atoms with van der Waals surface area (Å²) >= 11 is 0. The van der Waals surface area contributed by atoms with Gasteiger partial charge in [-0.3, -0.25) is 5.01 Å². The Bertz CT molecular complexity index is 643. The highest BCUT2D eigenvalue weighted by molar-refractivity contribution is 6.74. The Labute approximate surface area is 220 Å². The highest BCUT2D eigenvalue weighted by Crippen LogP contribution is 2.37. The minimum absolute atomic E-state index is 0.289. The zero-order valence-electron chi connectivity index (χ0n) is 24.8. The van der Waals surface area contributed by atoms with E-state index in [1.165, 1.54) is 63.5 Å². The first-order valence-electron chi connectivity index (χ1n) is 14.5. The van der Waals surface area contributed by atoms with Crippen LogP contribution in [-0.2, 0) is 13.6 Å². The summed E-state index contributed by atoms with van der Waals surface area (Å²) in [6.07, 6.45) is 12.4. The molecule has 35 heavy (non-hydrogen) atoms. The molecule has 206 valence electrons. The number of unbranched alkanes of at least 4 members (excludes halogenated alkanes) is 1. The van der Waals surface area contributed by atoms with E-state index < -0.39 is 16.6 Å². The Hall–Kier alpha value is -0.216. The zero-order valence-corrected chi connectivity index (χ0v) is 26.8. The molecule has 2 fully saturated rings. The van der Waals surface area contributed by atoms with Gasteiger partial charge < -0.3 is 13.6 Å². The van der Waals surface area contributed by atoms with E-state index in [0.717, 1.165) is 32.8 Å². The lowest BCUT2D eigenvalue weighted by Crippen LogP contribution is -2.41. The summed E-state index contributed by atoms with van der Waals surface area (Å²) in [5.74, 6) is 1.24. The van der Waals surface area contributed by atoms with Crippen molar-refractivity contribution in [3.05, 3.63) is 0 Å². The predicted octanol–water partition coefficient (Wildman–Crippen LogP) is 7.69. The van der Waals surface area contributed by atoms with Gasteiger partial charge in [-0.15, -0.1) is 0 Å². The zero-order chi connectivity index (χ0) is 26.1. The first-order chi connectivity index (χ1) is 16.3. The molecule has 0 aromatic carbocycles. The second kappa shape index (κ2) is 14.1. The quantitative estimate of drug-likeness (QED) is 0.172. The number of ether oxygens (including phenoxy) is 1. The van der Waals surface area contributed by atoms with Crippen molar-refractivity contribution < 1.29 is 13.6 Å². The van der Waals surface area contributed by atoms with Gasteiger partial charge >= 0.3 is 0 Å². The molecule has 0 spiro atoms. The van der Waals surface area contributed by atoms with Crippen molar-refractivity contribution in [1.29, 1.82) is 0 Å². The SMILES string of the molecule is COC[C@@H]1CCCN1N=C1[C@H](CCCCO[Si](C)(C)C(C)(C)C)CCC[C@H]1CCCO[Si](C)(C)C. The maximum Gasteiger partial charge on any atom is 0.191 e. The van der Waals surface area contributed by atoms with Gasteiger partial charge in [0.15, 0.2) is 16.6 Å². The summed E-state index contributed by atoms with van der Waals surface area (Å²) in [5, 5.41) is 8.08. The van der Waals surface area contributed by atoms with Crippen LogP contribution in [0.4, 0.5) is 0 Å². The predicted molar refractivity (Wildman–Crippen MR) is 155 cm³/mol. The van der Waals surface area contributed by atoms with E-state index in [1.54, 1.807) is 0 Å². The van der Waals surface area contributed by atoms with Gasteiger partial charge in [-0.2, -0.15) is 5.10 Å². The monoisotopic (exact) mass is 526 g/mol. The summed E-state index contributed by atoms with van der Waals surface area (Å²) in [6.45, 7) is 22.3. The number of hydrazone groups is 1. The Morgan fingerprint density at radius 1 is 0.857 bits per heavy atom. The Balaban J connectivity index is 1.99. The van der Waals surface area contributed by atoms with Crippen LogP contribution >= 0.6 is 0 Å². The maximum absolute atomic E-state index is 6.45. The Morgan fingerprint density at radius 3 is 2.09 bits per heavy atom. The third kappa shape index (κ3) is 10.6. The smallest absolute Gasteiger partial charge is 0.191 e. The Kier molecular flexibility index (Phi) is 12.5. The number of rotatable bonds is 14. The van der Waals surface area contributed by atoms with Gasteiger partial charge in [-0.05, 0) is 101 Å². The molecule has 0 N–H and O–H groups in total. The van der Waals surface area contributed by atoms with Crippen LogP contribution in [0.5, 0.6) is 0 Å². The van der Waals surface area contributed by atoms with E-state index in [2.05, 4.69) is 58.5 Å². The van der Waals surface area contributed by atoms with Crippen molar-refractivity contribution in [3.8, 4) is 0 Å². The minimum Gasteiger partial charge on any atom is -0.418 e. The fraction of sp³-hybridized carbons (Fsp3) is 0.964. The van der Waals surface area contributed by atoms with Gasteiger partial charge in [-0.25, -0.2) is 0 Å². The molecule has 0 unspecified atom stereocenters. The topological polar surface area (TPSA) is 43.3 Å². The molecule has 2 aliphatic rings. The molecule has 1 saturated carbocycles. The molecule has 1 heterocycles. The summed E-state index contributed by atoms with van der Waals surface area (Å²) in [5.41, 5.74) is 1.50. The molecular weight excluding hydrogens is 468 g/mol. The average molecular weight is 527 g/mol. The molecule has 0 amide bonds. The van der Waals surface area contributed by atoms with Crippen molar-refractivity contribution in [2.24, 2.45) is 16.9 Å². The second-order valence-electron chi connectivity index (χ2n) is 13.5. The molecule has 0 aromatic heterocycles. The van der Waals surface area contributed by atoms with Crippen LogP contribution in [0.25, 0.3) is 0 Å². The molecule has 2 rings (SSSR count). The third-order valence-corrected chi connectivity index (χ3v) is 13.9. The van der Waals surface area contributed by atoms with E-state index >= 15 is 0 Å². The molecule has 5 nitrogen and oxygen atoms in total. The molecule has 1 aliphatic heterocycles. The lowest BCUT2D eigenvalue weighted by molar-refractivity contribution is 0.116. The van der Waals surface area contributed by atoms with Crippen LogP contribution in [0.2, 0.25) is 37.8 Å². The van der Waals surface area contributed by atoms with Crippen molar-refractivity contribution in [2.45, 2.75) is 129 Å². The van der Waals surface area contributed by atoms with E-state index in [4.69, 9.17) is 18.7 Å². The van der Waals surface area contributed by atoms with Crippen LogP contribution in [0, 0.1) is 11.8 Å². The summed E-state index contributed by atoms with van der Waals surface area (Å²) < 4.78 is 18.1. The molecule has 3 atom stereocenters. The molecule has 0 bridgehead atoms. The molecule has 7 heteroatoms. The van der Waals surface area contributed by atoms with Gasteiger partial charge in [0.1, 0.15) is 0 Å². The average Bonchev–Trinajstić information content (AvgIpc) is 3.18. The molecule has 1 saturated heterocycles. The number of hydrogen-bond donors (Lipinski definition) is 0. The Morgan fingerprint density at radius 2 is 1.49 bits per heavy atom. The maximum atomic E-state index is 6.45. The molecule has 1 aliphatic carbocycles. The second-order valence-corrected chi connectivity index (χ2v) is 22.8. The lowest BCUT2D eigenvalue weighted by Gasteiger charge is -2.36. The largest absolute Gasteiger partial charge is 0.418 e. The van der Waals surface area contributed by atoms with Crippen molar-refractivity contribution in [3.63, 3.8) is 0 Å². The van der Waals surface area contributed by atoms with Crippen LogP contribution in [0.1, 0.15) is 85.0 Å². The standard InChI is InChI=1S/C28H58N2O3Si2/c1-28(2,3)35(8,9)33-21-11-10-15-24-16-12-17-25(18-14-22-32-34(5,6)7)27(24)29-30-20-13-19-26(30)23-31-4/h24-26H,10-23H2,1-9H3/t24-,25+,26+/m1/s1. The number of hydrogen-bond acceptors (Lipinski definition) is 5. The fourth-order valence-electron chi connectivity index (χ4n) is 5.19. The summed E-state index contributed by atoms with van der Waals surface area (Å²) in [4.78, 5) is 0. The van der Waals surface area contributed by atoms with Gasteiger partial charge in [0.25, 0.3) is 0 Å². The van der Waals surface area contributed by atoms with Crippen molar-refractivity contribution in [1.82, 2.24) is 5.01 Å². The van der Waals surface area contributed by atoms with Crippen molar-refractivity contribution >= 4 is 22.3 Å². The highest BCUT2D eigenvalue weighted by Gasteiger charge is 2.37. The number of nitrogens with zero attached hydrogens (tertiary/aromatic N) is 2. The minimum atomic E-state index is -1.64. The van der Waals surface area contributed by atoms with E-state index in [0.29, 0.717) is 17.9 Å². The highest BCUT2D eigenvalue weighted by atomic mass is 28.4. The number of methoxy groups -OCH3 is 1. The van der Waals surface area contributed by atoms with Gasteiger partial charge in [0, 0.05) is 32.6 Å². The lowest BCUT2D eigenvalue weighted by atomic mass is 9.75. The molecule has 0 aromatic rings. The molecule has 0 radical (unpaired) electrons. The van der Waals surface area contributed by atoms with Crippen LogP contribution in [0.15, 0.2) is 5.10 Å². The van der Waals surface area contributed by atoms with Crippen LogP contribution in [-0.4, -0.2) is 66.9 Å². The van der Waals surface area contributed by atoms with Gasteiger partial charge in [0.05, 0.1) is 12.6 Å². The molecular formula is C28H58N2O3Si2. The fourth-order valence-corrected chi connectivity index (χ4v) is 7.04. The summed E-state index contributed by atoms with van der Waals surface area (Å²) in [6, 6.07) is 0.448. The first kappa shape index (κ1) is 31.0. The third-order valence-electron chi connectivity index (χ3n) is 8.34. The summed E-state index contributed by atoms with van der Waals surface area (Å²) in [7, 11) is -1.26. The van der Waals surface area contributed by atoms with E-state index in [9.17, 15) is 0 Å². The van der Waals surface area contributed by atoms with E-state index in [1.807, 2.05) is 7.11 Å². The van der Waals surface area contributed by atoms with Crippen LogP contribution in [0.3, 0.4) is 0 Å². The van der Waals surface area contributed by atoms with Gasteiger partial charge in [0.2, 0.25) is 0 Å². The van der Waals surface area contributed by atoms with Gasteiger partial charge in [-0.1, -0.05) is 33.6 Å². The normalized spacial score (nSPS) is 25.6. The van der Waals surface area contributed by atoms with Crippen LogP contribution < -0.4 is 0 Å². The van der Waals surface area contributed by atoms with Crippen molar-refractivity contribution in [2.75, 3.05) is 33.5 Å². The van der Waals surface area contributed by atoms with E-state index in [-0.39, 0.29) is 5.04 Å².